The molecule has 110 valence electrons. The van der Waals surface area contributed by atoms with Gasteiger partial charge in [0.25, 0.3) is 0 Å². The molecule has 20 heavy (non-hydrogen) atoms. The van der Waals surface area contributed by atoms with Crippen LogP contribution in [0.5, 0.6) is 0 Å². The van der Waals surface area contributed by atoms with Crippen LogP contribution in [0.15, 0.2) is 18.2 Å². The minimum Gasteiger partial charge on any atom is -0.359 e. The molecular formula is C17H26N2S. The summed E-state index contributed by atoms with van der Waals surface area (Å²) in [5, 5.41) is 7.62. The maximum atomic E-state index is 5.49. The van der Waals surface area contributed by atoms with Crippen LogP contribution in [0.3, 0.4) is 0 Å². The van der Waals surface area contributed by atoms with E-state index < -0.39 is 0 Å². The average Bonchev–Trinajstić information content (AvgIpc) is 2.40. The molecule has 0 saturated heterocycles. The molecule has 3 atom stereocenters. The third-order valence-corrected chi connectivity index (χ3v) is 5.10. The van der Waals surface area contributed by atoms with Gasteiger partial charge in [-0.1, -0.05) is 38.8 Å². The van der Waals surface area contributed by atoms with E-state index in [4.69, 9.17) is 12.2 Å². The van der Waals surface area contributed by atoms with Crippen molar-refractivity contribution in [3.63, 3.8) is 0 Å². The van der Waals surface area contributed by atoms with Gasteiger partial charge in [0, 0.05) is 11.7 Å². The molecule has 0 heterocycles. The van der Waals surface area contributed by atoms with Crippen LogP contribution in [0, 0.1) is 25.7 Å². The zero-order valence-electron chi connectivity index (χ0n) is 13.0. The van der Waals surface area contributed by atoms with Crippen LogP contribution in [-0.2, 0) is 0 Å². The van der Waals surface area contributed by atoms with Crippen LogP contribution in [0.25, 0.3) is 0 Å². The fourth-order valence-corrected chi connectivity index (χ4v) is 3.26. The maximum Gasteiger partial charge on any atom is 0.171 e. The Labute approximate surface area is 128 Å². The van der Waals surface area contributed by atoms with Crippen molar-refractivity contribution in [3.05, 3.63) is 29.3 Å². The average molecular weight is 290 g/mol. The highest BCUT2D eigenvalue weighted by Crippen LogP contribution is 2.29. The molecule has 0 aromatic heterocycles. The Hall–Kier alpha value is -1.09. The predicted molar refractivity (Wildman–Crippen MR) is 91.2 cm³/mol. The lowest BCUT2D eigenvalue weighted by Gasteiger charge is -2.35. The first-order valence-electron chi connectivity index (χ1n) is 7.62. The standard InChI is InChI=1S/C17H26N2S/c1-11-7-5-9-15(13(11)3)18-17(20)19-16-10-6-8-12(2)14(16)4/h5,7,9,12,14,16H,6,8,10H2,1-4H3,(H2,18,19,20)/t12-,14+,16-/m1/s1. The zero-order valence-corrected chi connectivity index (χ0v) is 13.8. The molecule has 1 aromatic rings. The second kappa shape index (κ2) is 6.57. The second-order valence-electron chi connectivity index (χ2n) is 6.22. The summed E-state index contributed by atoms with van der Waals surface area (Å²) in [5.41, 5.74) is 3.66. The number of thiocarbonyl (C=S) groups is 1. The topological polar surface area (TPSA) is 24.1 Å². The number of nitrogens with one attached hydrogen (secondary N) is 2. The molecule has 2 N–H and O–H groups in total. The van der Waals surface area contributed by atoms with Crippen molar-refractivity contribution in [1.29, 1.82) is 0 Å². The molecule has 0 aliphatic heterocycles. The van der Waals surface area contributed by atoms with Gasteiger partial charge in [-0.25, -0.2) is 0 Å². The largest absolute Gasteiger partial charge is 0.359 e. The number of hydrogen-bond acceptors (Lipinski definition) is 1. The molecule has 0 unspecified atom stereocenters. The van der Waals surface area contributed by atoms with Gasteiger partial charge in [0.15, 0.2) is 5.11 Å². The van der Waals surface area contributed by atoms with Crippen LogP contribution in [-0.4, -0.2) is 11.2 Å². The lowest BCUT2D eigenvalue weighted by Crippen LogP contribution is -2.45. The van der Waals surface area contributed by atoms with E-state index in [-0.39, 0.29) is 0 Å². The van der Waals surface area contributed by atoms with Crippen molar-refractivity contribution >= 4 is 23.0 Å². The molecule has 0 amide bonds. The molecule has 1 aliphatic carbocycles. The minimum absolute atomic E-state index is 0.504. The Morgan fingerprint density at radius 1 is 1.20 bits per heavy atom. The third kappa shape index (κ3) is 3.51. The second-order valence-corrected chi connectivity index (χ2v) is 6.63. The molecule has 2 nitrogen and oxygen atoms in total. The van der Waals surface area contributed by atoms with E-state index in [1.165, 1.54) is 30.4 Å². The quantitative estimate of drug-likeness (QED) is 0.789. The fourth-order valence-electron chi connectivity index (χ4n) is 3.00. The van der Waals surface area contributed by atoms with Crippen molar-refractivity contribution in [2.24, 2.45) is 11.8 Å². The van der Waals surface area contributed by atoms with Crippen LogP contribution >= 0.6 is 12.2 Å². The Balaban J connectivity index is 1.97. The van der Waals surface area contributed by atoms with Gasteiger partial charge < -0.3 is 10.6 Å². The Morgan fingerprint density at radius 3 is 2.70 bits per heavy atom. The Kier molecular flexibility index (Phi) is 5.03. The first kappa shape index (κ1) is 15.3. The van der Waals surface area contributed by atoms with Gasteiger partial charge in [0.05, 0.1) is 0 Å². The van der Waals surface area contributed by atoms with E-state index in [0.717, 1.165) is 16.7 Å². The number of hydrogen-bond donors (Lipinski definition) is 2. The molecule has 1 saturated carbocycles. The minimum atomic E-state index is 0.504. The summed E-state index contributed by atoms with van der Waals surface area (Å²) >= 11 is 5.49. The number of benzene rings is 1. The third-order valence-electron chi connectivity index (χ3n) is 4.88. The van der Waals surface area contributed by atoms with Gasteiger partial charge in [-0.05, 0) is 61.5 Å². The first-order valence-corrected chi connectivity index (χ1v) is 8.03. The summed E-state index contributed by atoms with van der Waals surface area (Å²) in [4.78, 5) is 0. The van der Waals surface area contributed by atoms with E-state index in [2.05, 4.69) is 56.5 Å². The highest BCUT2D eigenvalue weighted by molar-refractivity contribution is 7.80. The summed E-state index contributed by atoms with van der Waals surface area (Å²) in [7, 11) is 0. The predicted octanol–water partition coefficient (Wildman–Crippen LogP) is 4.41. The number of aryl methyl sites for hydroxylation is 1. The van der Waals surface area contributed by atoms with Gasteiger partial charge in [-0.15, -0.1) is 0 Å². The molecule has 0 bridgehead atoms. The SMILES string of the molecule is Cc1cccc(NC(=S)N[C@@H]2CCC[C@@H](C)[C@@H]2C)c1C. The molecule has 1 fully saturated rings. The molecule has 3 heteroatoms. The van der Waals surface area contributed by atoms with Crippen molar-refractivity contribution in [3.8, 4) is 0 Å². The smallest absolute Gasteiger partial charge is 0.171 e. The first-order chi connectivity index (χ1) is 9.49. The van der Waals surface area contributed by atoms with Crippen LogP contribution in [0.2, 0.25) is 0 Å². The summed E-state index contributed by atoms with van der Waals surface area (Å²) in [6.45, 7) is 8.94. The molecule has 0 radical (unpaired) electrons. The summed E-state index contributed by atoms with van der Waals surface area (Å²) in [6.07, 6.45) is 3.87. The van der Waals surface area contributed by atoms with Crippen molar-refractivity contribution in [1.82, 2.24) is 5.32 Å². The molecule has 2 rings (SSSR count). The molecule has 1 aliphatic rings. The van der Waals surface area contributed by atoms with Crippen LogP contribution in [0.1, 0.15) is 44.2 Å². The Bertz CT molecular complexity index is 484. The molecule has 0 spiro atoms. The highest BCUT2D eigenvalue weighted by Gasteiger charge is 2.27. The van der Waals surface area contributed by atoms with Gasteiger partial charge in [0.2, 0.25) is 0 Å². The summed E-state index contributed by atoms with van der Waals surface area (Å²) < 4.78 is 0. The highest BCUT2D eigenvalue weighted by atomic mass is 32.1. The number of anilines is 1. The monoisotopic (exact) mass is 290 g/mol. The van der Waals surface area contributed by atoms with Gasteiger partial charge in [-0.3, -0.25) is 0 Å². The summed E-state index contributed by atoms with van der Waals surface area (Å²) in [6, 6.07) is 6.79. The van der Waals surface area contributed by atoms with Gasteiger partial charge in [0.1, 0.15) is 0 Å². The normalized spacial score (nSPS) is 26.1. The van der Waals surface area contributed by atoms with Crippen molar-refractivity contribution in [2.75, 3.05) is 5.32 Å². The van der Waals surface area contributed by atoms with Gasteiger partial charge in [-0.2, -0.15) is 0 Å². The van der Waals surface area contributed by atoms with E-state index in [0.29, 0.717) is 12.0 Å². The van der Waals surface area contributed by atoms with E-state index in [9.17, 15) is 0 Å². The fraction of sp³-hybridized carbons (Fsp3) is 0.588. The van der Waals surface area contributed by atoms with Crippen LogP contribution in [0.4, 0.5) is 5.69 Å². The van der Waals surface area contributed by atoms with E-state index in [1.807, 2.05) is 0 Å². The van der Waals surface area contributed by atoms with Crippen molar-refractivity contribution < 1.29 is 0 Å². The van der Waals surface area contributed by atoms with E-state index in [1.54, 1.807) is 0 Å². The zero-order chi connectivity index (χ0) is 14.7. The summed E-state index contributed by atoms with van der Waals surface area (Å²) in [5.74, 6) is 1.46. The van der Waals surface area contributed by atoms with Crippen LogP contribution < -0.4 is 10.6 Å². The van der Waals surface area contributed by atoms with E-state index >= 15 is 0 Å². The number of rotatable bonds is 2. The lowest BCUT2D eigenvalue weighted by molar-refractivity contribution is 0.225. The molecule has 1 aromatic carbocycles. The molecular weight excluding hydrogens is 264 g/mol. The lowest BCUT2D eigenvalue weighted by atomic mass is 9.78. The van der Waals surface area contributed by atoms with Gasteiger partial charge >= 0.3 is 0 Å². The Morgan fingerprint density at radius 2 is 1.95 bits per heavy atom. The maximum absolute atomic E-state index is 5.49. The van der Waals surface area contributed by atoms with Crippen molar-refractivity contribution in [2.45, 2.75) is 53.0 Å².